The molecule has 0 N–H and O–H groups in total. The number of rotatable bonds is 9. The normalized spacial score (nSPS) is 10.8. The highest BCUT2D eigenvalue weighted by molar-refractivity contribution is 5.76. The van der Waals surface area contributed by atoms with Crippen LogP contribution in [0.1, 0.15) is 35.9 Å². The third-order valence-corrected chi connectivity index (χ3v) is 5.49. The number of hydrogen-bond donors (Lipinski definition) is 0. The van der Waals surface area contributed by atoms with Gasteiger partial charge in [0.05, 0.1) is 6.20 Å². The van der Waals surface area contributed by atoms with E-state index in [1.165, 1.54) is 17.7 Å². The Bertz CT molecular complexity index is 1170. The number of halogens is 1. The van der Waals surface area contributed by atoms with E-state index in [-0.39, 0.29) is 18.1 Å². The molecular formula is C27H26FN3O2. The van der Waals surface area contributed by atoms with Crippen molar-refractivity contribution >= 4 is 5.91 Å². The van der Waals surface area contributed by atoms with E-state index in [1.807, 2.05) is 17.0 Å². The van der Waals surface area contributed by atoms with Crippen LogP contribution in [0, 0.1) is 5.82 Å². The van der Waals surface area contributed by atoms with Crippen LogP contribution in [0.5, 0.6) is 0 Å². The molecule has 0 saturated heterocycles. The summed E-state index contributed by atoms with van der Waals surface area (Å²) in [4.78, 5) is 23.5. The molecule has 0 aliphatic rings. The highest BCUT2D eigenvalue weighted by Crippen LogP contribution is 2.21. The number of aryl methyl sites for hydroxylation is 2. The Hall–Kier alpha value is -3.80. The number of oxazole rings is 1. The molecule has 0 spiro atoms. The van der Waals surface area contributed by atoms with Crippen LogP contribution in [0.4, 0.5) is 4.39 Å². The predicted molar refractivity (Wildman–Crippen MR) is 125 cm³/mol. The van der Waals surface area contributed by atoms with E-state index in [2.05, 4.69) is 41.2 Å². The van der Waals surface area contributed by atoms with Gasteiger partial charge in [-0.05, 0) is 53.4 Å². The maximum Gasteiger partial charge on any atom is 0.223 e. The molecule has 0 aliphatic carbocycles. The number of aromatic nitrogens is 2. The van der Waals surface area contributed by atoms with Crippen molar-refractivity contribution in [1.82, 2.24) is 14.9 Å². The summed E-state index contributed by atoms with van der Waals surface area (Å²) >= 11 is 0. The van der Waals surface area contributed by atoms with Crippen molar-refractivity contribution in [2.45, 2.75) is 39.3 Å². The van der Waals surface area contributed by atoms with Crippen molar-refractivity contribution in [3.63, 3.8) is 0 Å². The van der Waals surface area contributed by atoms with E-state index in [1.54, 1.807) is 30.7 Å². The van der Waals surface area contributed by atoms with E-state index in [9.17, 15) is 9.18 Å². The molecule has 0 unspecified atom stereocenters. The molecule has 168 valence electrons. The lowest BCUT2D eigenvalue weighted by Gasteiger charge is -2.23. The third kappa shape index (κ3) is 6.13. The Morgan fingerprint density at radius 2 is 1.67 bits per heavy atom. The Morgan fingerprint density at radius 3 is 2.36 bits per heavy atom. The van der Waals surface area contributed by atoms with Crippen molar-refractivity contribution < 1.29 is 13.6 Å². The van der Waals surface area contributed by atoms with Gasteiger partial charge >= 0.3 is 0 Å². The minimum atomic E-state index is -0.304. The number of hydrogen-bond acceptors (Lipinski definition) is 4. The number of pyridine rings is 1. The molecule has 0 bridgehead atoms. The molecule has 6 heteroatoms. The van der Waals surface area contributed by atoms with Crippen molar-refractivity contribution in [3.05, 3.63) is 108 Å². The van der Waals surface area contributed by atoms with Crippen LogP contribution < -0.4 is 0 Å². The first-order chi connectivity index (χ1) is 16.1. The first-order valence-corrected chi connectivity index (χ1v) is 11.1. The molecular weight excluding hydrogens is 417 g/mol. The highest BCUT2D eigenvalue weighted by Gasteiger charge is 2.17. The Kier molecular flexibility index (Phi) is 7.25. The molecule has 5 nitrogen and oxygen atoms in total. The number of benzene rings is 2. The Balaban J connectivity index is 1.43. The SMILES string of the molecule is CCc1ccc(CN(Cc2cccnc2)C(=O)CCc2ncc(-c3ccc(F)cc3)o2)cc1. The van der Waals surface area contributed by atoms with Crippen LogP contribution >= 0.6 is 0 Å². The molecule has 0 saturated carbocycles. The van der Waals surface area contributed by atoms with Crippen molar-refractivity contribution in [1.29, 1.82) is 0 Å². The zero-order valence-electron chi connectivity index (χ0n) is 18.6. The summed E-state index contributed by atoms with van der Waals surface area (Å²) in [5, 5.41) is 0. The summed E-state index contributed by atoms with van der Waals surface area (Å²) in [5.41, 5.74) is 4.07. The molecule has 33 heavy (non-hydrogen) atoms. The molecule has 0 radical (unpaired) electrons. The van der Waals surface area contributed by atoms with Crippen LogP contribution in [-0.4, -0.2) is 20.8 Å². The maximum absolute atomic E-state index is 13.2. The van der Waals surface area contributed by atoms with Gasteiger partial charge in [0, 0.05) is 43.9 Å². The second kappa shape index (κ2) is 10.7. The van der Waals surface area contributed by atoms with E-state index in [0.717, 1.165) is 23.1 Å². The summed E-state index contributed by atoms with van der Waals surface area (Å²) in [5.74, 6) is 0.749. The van der Waals surface area contributed by atoms with Gasteiger partial charge in [-0.1, -0.05) is 37.3 Å². The lowest BCUT2D eigenvalue weighted by molar-refractivity contribution is -0.132. The Labute approximate surface area is 192 Å². The molecule has 0 aliphatic heterocycles. The van der Waals surface area contributed by atoms with Crippen LogP contribution in [-0.2, 0) is 30.7 Å². The molecule has 2 aromatic carbocycles. The fourth-order valence-corrected chi connectivity index (χ4v) is 3.59. The van der Waals surface area contributed by atoms with E-state index >= 15 is 0 Å². The van der Waals surface area contributed by atoms with Gasteiger partial charge in [-0.15, -0.1) is 0 Å². The van der Waals surface area contributed by atoms with Crippen LogP contribution in [0.15, 0.2) is 83.7 Å². The number of carbonyl (C=O) groups is 1. The fourth-order valence-electron chi connectivity index (χ4n) is 3.59. The molecule has 2 heterocycles. The van der Waals surface area contributed by atoms with Crippen LogP contribution in [0.3, 0.4) is 0 Å². The van der Waals surface area contributed by atoms with E-state index < -0.39 is 0 Å². The second-order valence-corrected chi connectivity index (χ2v) is 7.91. The summed E-state index contributed by atoms with van der Waals surface area (Å²) < 4.78 is 18.9. The first kappa shape index (κ1) is 22.4. The van der Waals surface area contributed by atoms with Gasteiger partial charge < -0.3 is 9.32 Å². The molecule has 0 fully saturated rings. The number of amides is 1. The van der Waals surface area contributed by atoms with Gasteiger partial charge in [0.25, 0.3) is 0 Å². The van der Waals surface area contributed by atoms with Crippen molar-refractivity contribution in [2.24, 2.45) is 0 Å². The second-order valence-electron chi connectivity index (χ2n) is 7.91. The molecule has 0 atom stereocenters. The summed E-state index contributed by atoms with van der Waals surface area (Å²) in [6, 6.07) is 18.2. The molecule has 4 rings (SSSR count). The quantitative estimate of drug-likeness (QED) is 0.338. The van der Waals surface area contributed by atoms with Gasteiger partial charge in [-0.3, -0.25) is 9.78 Å². The lowest BCUT2D eigenvalue weighted by atomic mass is 10.1. The van der Waals surface area contributed by atoms with E-state index in [4.69, 9.17) is 4.42 Å². The minimum absolute atomic E-state index is 0.0138. The topological polar surface area (TPSA) is 59.2 Å². The van der Waals surface area contributed by atoms with Gasteiger partial charge in [0.15, 0.2) is 11.7 Å². The third-order valence-electron chi connectivity index (χ3n) is 5.49. The largest absolute Gasteiger partial charge is 0.441 e. The summed E-state index contributed by atoms with van der Waals surface area (Å²) in [6.45, 7) is 3.12. The standard InChI is InChI=1S/C27H26FN3O2/c1-2-20-5-7-21(8-6-20)18-31(19-22-4-3-15-29-16-22)27(32)14-13-26-30-17-25(33-26)23-9-11-24(28)12-10-23/h3-12,15-17H,2,13-14,18-19H2,1H3. The number of nitrogens with zero attached hydrogens (tertiary/aromatic N) is 3. The van der Waals surface area contributed by atoms with Gasteiger partial charge in [0.2, 0.25) is 5.91 Å². The zero-order valence-corrected chi connectivity index (χ0v) is 18.6. The summed E-state index contributed by atoms with van der Waals surface area (Å²) in [6.07, 6.45) is 6.75. The van der Waals surface area contributed by atoms with Gasteiger partial charge in [-0.2, -0.15) is 0 Å². The average molecular weight is 444 g/mol. The molecule has 1 amide bonds. The highest BCUT2D eigenvalue weighted by atomic mass is 19.1. The smallest absolute Gasteiger partial charge is 0.223 e. The molecule has 4 aromatic rings. The van der Waals surface area contributed by atoms with E-state index in [0.29, 0.717) is 31.2 Å². The lowest BCUT2D eigenvalue weighted by Crippen LogP contribution is -2.30. The first-order valence-electron chi connectivity index (χ1n) is 11.1. The van der Waals surface area contributed by atoms with Gasteiger partial charge in [-0.25, -0.2) is 9.37 Å². The van der Waals surface area contributed by atoms with Gasteiger partial charge in [0.1, 0.15) is 5.82 Å². The summed E-state index contributed by atoms with van der Waals surface area (Å²) in [7, 11) is 0. The Morgan fingerprint density at radius 1 is 0.939 bits per heavy atom. The predicted octanol–water partition coefficient (Wildman–Crippen LogP) is 5.60. The van der Waals surface area contributed by atoms with Crippen LogP contribution in [0.25, 0.3) is 11.3 Å². The number of carbonyl (C=O) groups excluding carboxylic acids is 1. The zero-order chi connectivity index (χ0) is 23.0. The molecule has 2 aromatic heterocycles. The van der Waals surface area contributed by atoms with Crippen molar-refractivity contribution in [3.8, 4) is 11.3 Å². The monoisotopic (exact) mass is 443 g/mol. The van der Waals surface area contributed by atoms with Crippen LogP contribution in [0.2, 0.25) is 0 Å². The maximum atomic E-state index is 13.2. The fraction of sp³-hybridized carbons (Fsp3) is 0.222. The van der Waals surface area contributed by atoms with Crippen molar-refractivity contribution in [2.75, 3.05) is 0 Å². The minimum Gasteiger partial charge on any atom is -0.441 e. The average Bonchev–Trinajstić information content (AvgIpc) is 3.33.